The second-order valence-corrected chi connectivity index (χ2v) is 8.76. The second kappa shape index (κ2) is 7.25. The molecule has 1 aliphatic rings. The Morgan fingerprint density at radius 3 is 2.96 bits per heavy atom. The number of nitriles is 1. The van der Waals surface area contributed by atoms with E-state index in [9.17, 15) is 14.9 Å². The highest BCUT2D eigenvalue weighted by Crippen LogP contribution is 2.37. The summed E-state index contributed by atoms with van der Waals surface area (Å²) in [7, 11) is 0. The van der Waals surface area contributed by atoms with E-state index in [-0.39, 0.29) is 18.0 Å². The lowest BCUT2D eigenvalue weighted by Crippen LogP contribution is -2.27. The zero-order valence-corrected chi connectivity index (χ0v) is 16.5. The molecule has 8 heteroatoms. The molecule has 27 heavy (non-hydrogen) atoms. The van der Waals surface area contributed by atoms with E-state index in [1.165, 1.54) is 38.4 Å². The quantitative estimate of drug-likeness (QED) is 0.729. The molecule has 0 aromatic carbocycles. The third-order valence-corrected chi connectivity index (χ3v) is 7.16. The van der Waals surface area contributed by atoms with Gasteiger partial charge in [-0.05, 0) is 43.7 Å². The SMILES string of the molecule is CCc1cc2c(=O)n(CC(=O)Nc3sc4c(c3C#N)CCCC4)cnc2s1. The van der Waals surface area contributed by atoms with E-state index in [0.29, 0.717) is 20.8 Å². The Hall–Kier alpha value is -2.50. The van der Waals surface area contributed by atoms with E-state index in [0.717, 1.165) is 42.5 Å². The predicted octanol–water partition coefficient (Wildman–Crippen LogP) is 3.47. The average Bonchev–Trinajstić information content (AvgIpc) is 3.24. The fourth-order valence-electron chi connectivity index (χ4n) is 3.39. The van der Waals surface area contributed by atoms with Crippen molar-refractivity contribution in [1.82, 2.24) is 9.55 Å². The smallest absolute Gasteiger partial charge is 0.262 e. The summed E-state index contributed by atoms with van der Waals surface area (Å²) in [5.74, 6) is -0.320. The largest absolute Gasteiger partial charge is 0.315 e. The molecular weight excluding hydrogens is 380 g/mol. The number of thiophene rings is 2. The number of aromatic nitrogens is 2. The Morgan fingerprint density at radius 2 is 2.19 bits per heavy atom. The fourth-order valence-corrected chi connectivity index (χ4v) is 5.57. The van der Waals surface area contributed by atoms with Crippen LogP contribution in [0.15, 0.2) is 17.2 Å². The molecule has 3 heterocycles. The Morgan fingerprint density at radius 1 is 1.37 bits per heavy atom. The maximum absolute atomic E-state index is 12.6. The van der Waals surface area contributed by atoms with E-state index < -0.39 is 0 Å². The molecule has 0 saturated carbocycles. The summed E-state index contributed by atoms with van der Waals surface area (Å²) in [6, 6.07) is 4.09. The topological polar surface area (TPSA) is 87.8 Å². The van der Waals surface area contributed by atoms with Gasteiger partial charge in [-0.25, -0.2) is 4.98 Å². The highest BCUT2D eigenvalue weighted by molar-refractivity contribution is 7.18. The van der Waals surface area contributed by atoms with Crippen LogP contribution in [0.1, 0.15) is 40.6 Å². The van der Waals surface area contributed by atoms with E-state index >= 15 is 0 Å². The number of nitrogens with one attached hydrogen (secondary N) is 1. The van der Waals surface area contributed by atoms with Crippen LogP contribution in [0, 0.1) is 11.3 Å². The molecule has 4 rings (SSSR count). The summed E-state index contributed by atoms with van der Waals surface area (Å²) in [5, 5.41) is 13.5. The number of amides is 1. The van der Waals surface area contributed by atoms with Crippen molar-refractivity contribution < 1.29 is 4.79 Å². The van der Waals surface area contributed by atoms with Gasteiger partial charge in [0.15, 0.2) is 0 Å². The molecular formula is C19H18N4O2S2. The monoisotopic (exact) mass is 398 g/mol. The molecule has 3 aromatic heterocycles. The van der Waals surface area contributed by atoms with Gasteiger partial charge >= 0.3 is 0 Å². The molecule has 0 saturated heterocycles. The maximum Gasteiger partial charge on any atom is 0.262 e. The zero-order chi connectivity index (χ0) is 19.0. The third-order valence-electron chi connectivity index (χ3n) is 4.77. The number of hydrogen-bond acceptors (Lipinski definition) is 6. The number of carbonyl (C=O) groups excluding carboxylic acids is 1. The average molecular weight is 399 g/mol. The summed E-state index contributed by atoms with van der Waals surface area (Å²) in [6.07, 6.45) is 6.32. The molecule has 138 valence electrons. The van der Waals surface area contributed by atoms with Crippen molar-refractivity contribution in [1.29, 1.82) is 5.26 Å². The van der Waals surface area contributed by atoms with Crippen molar-refractivity contribution in [3.05, 3.63) is 43.6 Å². The molecule has 0 radical (unpaired) electrons. The van der Waals surface area contributed by atoms with Crippen LogP contribution >= 0.6 is 22.7 Å². The third kappa shape index (κ3) is 3.29. The Kier molecular flexibility index (Phi) is 4.81. The van der Waals surface area contributed by atoms with Gasteiger partial charge in [-0.3, -0.25) is 14.2 Å². The van der Waals surface area contributed by atoms with Crippen molar-refractivity contribution in [3.63, 3.8) is 0 Å². The van der Waals surface area contributed by atoms with Gasteiger partial charge < -0.3 is 5.32 Å². The van der Waals surface area contributed by atoms with Gasteiger partial charge in [0.05, 0.1) is 17.3 Å². The van der Waals surface area contributed by atoms with Gasteiger partial charge in [-0.15, -0.1) is 22.7 Å². The molecule has 0 aliphatic heterocycles. The number of fused-ring (bicyclic) bond motifs is 2. The van der Waals surface area contributed by atoms with Gasteiger partial charge in [-0.2, -0.15) is 5.26 Å². The number of nitrogens with zero attached hydrogens (tertiary/aromatic N) is 3. The number of hydrogen-bond donors (Lipinski definition) is 1. The minimum atomic E-state index is -0.320. The lowest BCUT2D eigenvalue weighted by atomic mass is 9.96. The maximum atomic E-state index is 12.6. The van der Waals surface area contributed by atoms with Crippen LogP contribution in [0.3, 0.4) is 0 Å². The van der Waals surface area contributed by atoms with Crippen molar-refractivity contribution in [2.45, 2.75) is 45.6 Å². The minimum Gasteiger partial charge on any atom is -0.315 e. The Labute approximate surface area is 164 Å². The van der Waals surface area contributed by atoms with Gasteiger partial charge in [0.2, 0.25) is 5.91 Å². The summed E-state index contributed by atoms with van der Waals surface area (Å²) < 4.78 is 1.32. The van der Waals surface area contributed by atoms with Crippen LogP contribution in [0.2, 0.25) is 0 Å². The first kappa shape index (κ1) is 17.9. The lowest BCUT2D eigenvalue weighted by Gasteiger charge is -2.09. The van der Waals surface area contributed by atoms with Gasteiger partial charge in [0.25, 0.3) is 5.56 Å². The number of aryl methyl sites for hydroxylation is 2. The van der Waals surface area contributed by atoms with Crippen molar-refractivity contribution in [2.75, 3.05) is 5.32 Å². The molecule has 0 bridgehead atoms. The number of carbonyl (C=O) groups is 1. The summed E-state index contributed by atoms with van der Waals surface area (Å²) >= 11 is 2.99. The molecule has 3 aromatic rings. The van der Waals surface area contributed by atoms with Crippen LogP contribution in [0.5, 0.6) is 0 Å². The molecule has 1 amide bonds. The Bertz CT molecular complexity index is 1130. The van der Waals surface area contributed by atoms with Gasteiger partial charge in [0, 0.05) is 9.75 Å². The first-order valence-electron chi connectivity index (χ1n) is 8.93. The van der Waals surface area contributed by atoms with Crippen LogP contribution in [0.25, 0.3) is 10.2 Å². The molecule has 0 atom stereocenters. The molecule has 0 unspecified atom stereocenters. The van der Waals surface area contributed by atoms with Gasteiger partial charge in [0.1, 0.15) is 22.4 Å². The van der Waals surface area contributed by atoms with E-state index in [1.807, 2.05) is 13.0 Å². The highest BCUT2D eigenvalue weighted by Gasteiger charge is 2.22. The standard InChI is InChI=1S/C19H18N4O2S2/c1-2-11-7-13-17(26-11)21-10-23(19(13)25)9-16(24)22-18-14(8-20)12-5-3-4-6-15(12)27-18/h7,10H,2-6,9H2,1H3,(H,22,24). The normalized spacial score (nSPS) is 13.3. The number of rotatable bonds is 4. The van der Waals surface area contributed by atoms with Crippen molar-refractivity contribution in [3.8, 4) is 6.07 Å². The summed E-state index contributed by atoms with van der Waals surface area (Å²) in [6.45, 7) is 1.91. The molecule has 1 N–H and O–H groups in total. The van der Waals surface area contributed by atoms with Crippen molar-refractivity contribution in [2.24, 2.45) is 0 Å². The molecule has 1 aliphatic carbocycles. The molecule has 6 nitrogen and oxygen atoms in total. The number of anilines is 1. The van der Waals surface area contributed by atoms with Crippen LogP contribution < -0.4 is 10.9 Å². The first-order chi connectivity index (χ1) is 13.1. The van der Waals surface area contributed by atoms with Crippen molar-refractivity contribution >= 4 is 43.8 Å². The predicted molar refractivity (Wildman–Crippen MR) is 108 cm³/mol. The molecule has 0 fully saturated rings. The van der Waals surface area contributed by atoms with E-state index in [2.05, 4.69) is 16.4 Å². The van der Waals surface area contributed by atoms with Crippen LogP contribution in [-0.4, -0.2) is 15.5 Å². The van der Waals surface area contributed by atoms with Crippen LogP contribution in [0.4, 0.5) is 5.00 Å². The zero-order valence-electron chi connectivity index (χ0n) is 14.9. The summed E-state index contributed by atoms with van der Waals surface area (Å²) in [4.78, 5) is 32.4. The van der Waals surface area contributed by atoms with Crippen LogP contribution in [-0.2, 0) is 30.6 Å². The van der Waals surface area contributed by atoms with E-state index in [1.54, 1.807) is 0 Å². The fraction of sp³-hybridized carbons (Fsp3) is 0.368. The minimum absolute atomic E-state index is 0.119. The Balaban J connectivity index is 1.58. The highest BCUT2D eigenvalue weighted by atomic mass is 32.1. The first-order valence-corrected chi connectivity index (χ1v) is 10.6. The van der Waals surface area contributed by atoms with Gasteiger partial charge in [-0.1, -0.05) is 6.92 Å². The second-order valence-electron chi connectivity index (χ2n) is 6.54. The molecule has 0 spiro atoms. The summed E-state index contributed by atoms with van der Waals surface area (Å²) in [5.41, 5.74) is 1.45. The van der Waals surface area contributed by atoms with E-state index in [4.69, 9.17) is 0 Å². The lowest BCUT2D eigenvalue weighted by molar-refractivity contribution is -0.116.